The van der Waals surface area contributed by atoms with Gasteiger partial charge in [-0.05, 0) is 109 Å². The quantitative estimate of drug-likeness (QED) is 0.0913. The molecule has 0 aliphatic carbocycles. The fraction of sp³-hybridized carbons (Fsp3) is 0.385. The van der Waals surface area contributed by atoms with Gasteiger partial charge in [0.25, 0.3) is 11.8 Å². The molecule has 7 aromatic rings. The molecule has 6 aromatic heterocycles. The zero-order chi connectivity index (χ0) is 43.4. The second kappa shape index (κ2) is 18.1. The standard InChI is InChI=1S/C52H56N2O2S6/c1-9-13-15-31(11-3)23-33-25-39(58-28-33)46-44-45(52(56)53(46)7)47(54(8)51(44)55)40-26-34(24-32(12-4)16-14-10-2)48(61-40)41-27-36-43(38-20-18-30(6)60-38)49-35(21-22-57-49)42(50(36)62-41)37-19-17-29(5)59-37/h17-22,25-28,31-32H,9-16,23-24H2,1-8H3. The third-order valence-corrected chi connectivity index (χ3v) is 19.5. The number of aryl methyl sites for hydroxylation is 2. The summed E-state index contributed by atoms with van der Waals surface area (Å²) in [6.45, 7) is 13.6. The van der Waals surface area contributed by atoms with Crippen LogP contribution in [0.1, 0.15) is 110 Å². The molecule has 62 heavy (non-hydrogen) atoms. The van der Waals surface area contributed by atoms with Gasteiger partial charge in [0.1, 0.15) is 0 Å². The molecule has 10 heteroatoms. The van der Waals surface area contributed by atoms with Gasteiger partial charge in [-0.25, -0.2) is 0 Å². The number of amides is 2. The Labute approximate surface area is 391 Å². The Morgan fingerprint density at radius 3 is 1.76 bits per heavy atom. The molecule has 4 nitrogen and oxygen atoms in total. The van der Waals surface area contributed by atoms with E-state index in [2.05, 4.69) is 101 Å². The van der Waals surface area contributed by atoms with E-state index in [0.717, 1.165) is 46.8 Å². The number of thiophene rings is 6. The fourth-order valence-corrected chi connectivity index (χ4v) is 16.2. The van der Waals surface area contributed by atoms with Gasteiger partial charge >= 0.3 is 0 Å². The summed E-state index contributed by atoms with van der Waals surface area (Å²) in [4.78, 5) is 42.3. The van der Waals surface area contributed by atoms with E-state index in [-0.39, 0.29) is 11.8 Å². The van der Waals surface area contributed by atoms with Crippen LogP contribution in [-0.4, -0.2) is 35.7 Å². The summed E-state index contributed by atoms with van der Waals surface area (Å²) in [6.07, 6.45) is 11.6. The van der Waals surface area contributed by atoms with Crippen LogP contribution in [0, 0.1) is 25.7 Å². The first kappa shape index (κ1) is 43.6. The van der Waals surface area contributed by atoms with Crippen molar-refractivity contribution in [1.82, 2.24) is 9.80 Å². The van der Waals surface area contributed by atoms with Gasteiger partial charge in [0.05, 0.1) is 32.3 Å². The summed E-state index contributed by atoms with van der Waals surface area (Å²) in [7, 11) is 3.72. The molecule has 2 atom stereocenters. The first-order valence-corrected chi connectivity index (χ1v) is 27.4. The number of unbranched alkanes of at least 4 members (excludes halogenated alkanes) is 2. The Morgan fingerprint density at radius 1 is 0.581 bits per heavy atom. The zero-order valence-corrected chi connectivity index (χ0v) is 42.1. The Hall–Kier alpha value is -3.64. The fourth-order valence-electron chi connectivity index (χ4n) is 9.59. The molecule has 2 aliphatic heterocycles. The number of nitrogens with zero attached hydrogens (tertiary/aromatic N) is 2. The largest absolute Gasteiger partial charge is 0.309 e. The van der Waals surface area contributed by atoms with Crippen LogP contribution in [0.3, 0.4) is 0 Å². The molecule has 1 aromatic carbocycles. The van der Waals surface area contributed by atoms with E-state index in [1.807, 2.05) is 59.4 Å². The normalized spacial score (nSPS) is 15.5. The van der Waals surface area contributed by atoms with Crippen molar-refractivity contribution in [2.45, 2.75) is 106 Å². The maximum atomic E-state index is 14.5. The first-order chi connectivity index (χ1) is 30.0. The Balaban J connectivity index is 1.22. The lowest BCUT2D eigenvalue weighted by Crippen LogP contribution is -2.24. The first-order valence-electron chi connectivity index (χ1n) is 22.4. The Morgan fingerprint density at radius 2 is 1.18 bits per heavy atom. The lowest BCUT2D eigenvalue weighted by molar-refractivity contribution is -0.123. The number of hydrogen-bond acceptors (Lipinski definition) is 8. The van der Waals surface area contributed by atoms with E-state index >= 15 is 0 Å². The van der Waals surface area contributed by atoms with Crippen LogP contribution in [0.5, 0.6) is 0 Å². The highest BCUT2D eigenvalue weighted by atomic mass is 32.1. The number of fused-ring (bicyclic) bond motifs is 3. The summed E-state index contributed by atoms with van der Waals surface area (Å²) in [5, 5.41) is 7.14. The van der Waals surface area contributed by atoms with E-state index in [1.54, 1.807) is 32.5 Å². The van der Waals surface area contributed by atoms with Crippen molar-refractivity contribution in [3.8, 4) is 30.6 Å². The molecule has 0 fully saturated rings. The highest BCUT2D eigenvalue weighted by Gasteiger charge is 2.47. The molecular weight excluding hydrogens is 877 g/mol. The molecule has 0 bridgehead atoms. The van der Waals surface area contributed by atoms with Crippen molar-refractivity contribution >= 4 is 111 Å². The van der Waals surface area contributed by atoms with Crippen LogP contribution in [0.4, 0.5) is 0 Å². The minimum Gasteiger partial charge on any atom is -0.309 e. The number of carbonyl (C=O) groups is 2. The van der Waals surface area contributed by atoms with E-state index in [0.29, 0.717) is 23.0 Å². The van der Waals surface area contributed by atoms with Gasteiger partial charge < -0.3 is 9.80 Å². The second-order valence-corrected chi connectivity index (χ2v) is 23.8. The van der Waals surface area contributed by atoms with Gasteiger partial charge in [0, 0.05) is 74.7 Å². The van der Waals surface area contributed by atoms with E-state index in [9.17, 15) is 9.59 Å². The lowest BCUT2D eigenvalue weighted by atomic mass is 9.91. The summed E-state index contributed by atoms with van der Waals surface area (Å²) in [5.74, 6) is 1.01. The monoisotopic (exact) mass is 932 g/mol. The SMILES string of the molecule is CCCCC(CC)Cc1csc(C2=C3C(=O)N(C)C(c4cc(CC(CC)CCCC)c(-c5cc6c(-c7ccc(C)s7)c7sccc7c(-c7ccc(C)s7)c6s5)s4)=C3C(=O)N2C)c1. The predicted molar refractivity (Wildman–Crippen MR) is 274 cm³/mol. The molecule has 2 aliphatic rings. The molecule has 0 saturated heterocycles. The number of benzene rings is 1. The van der Waals surface area contributed by atoms with E-state index < -0.39 is 0 Å². The average Bonchev–Trinajstić information content (AvgIpc) is 4.14. The number of rotatable bonds is 17. The number of carbonyl (C=O) groups excluding carboxylic acids is 2. The van der Waals surface area contributed by atoms with Crippen LogP contribution >= 0.6 is 68.0 Å². The summed E-state index contributed by atoms with van der Waals surface area (Å²) in [6, 6.07) is 18.5. The van der Waals surface area contributed by atoms with Crippen LogP contribution < -0.4 is 0 Å². The third-order valence-electron chi connectivity index (χ3n) is 13.1. The molecule has 0 N–H and O–H groups in total. The zero-order valence-electron chi connectivity index (χ0n) is 37.2. The smallest absolute Gasteiger partial charge is 0.261 e. The predicted octanol–water partition coefficient (Wildman–Crippen LogP) is 16.6. The molecule has 0 spiro atoms. The van der Waals surface area contributed by atoms with Gasteiger partial charge in [0.15, 0.2) is 0 Å². The van der Waals surface area contributed by atoms with Crippen LogP contribution in [0.25, 0.3) is 62.2 Å². The Bertz CT molecular complexity index is 2790. The topological polar surface area (TPSA) is 40.6 Å². The van der Waals surface area contributed by atoms with Crippen molar-refractivity contribution < 1.29 is 9.59 Å². The van der Waals surface area contributed by atoms with Crippen molar-refractivity contribution in [3.63, 3.8) is 0 Å². The molecule has 2 amide bonds. The Kier molecular flexibility index (Phi) is 12.7. The number of likely N-dealkylation sites (N-methyl/N-ethyl adjacent to an activating group) is 2. The molecule has 322 valence electrons. The molecule has 9 rings (SSSR count). The molecular formula is C52H56N2O2S6. The van der Waals surface area contributed by atoms with Crippen molar-refractivity contribution in [1.29, 1.82) is 0 Å². The summed E-state index contributed by atoms with van der Waals surface area (Å²) >= 11 is 10.9. The maximum Gasteiger partial charge on any atom is 0.261 e. The van der Waals surface area contributed by atoms with Crippen LogP contribution in [0.2, 0.25) is 0 Å². The van der Waals surface area contributed by atoms with Gasteiger partial charge in [-0.2, -0.15) is 0 Å². The second-order valence-electron chi connectivity index (χ2n) is 17.3. The highest BCUT2D eigenvalue weighted by Crippen LogP contribution is 2.55. The molecule has 0 radical (unpaired) electrons. The van der Waals surface area contributed by atoms with Crippen LogP contribution in [0.15, 0.2) is 70.4 Å². The van der Waals surface area contributed by atoms with Crippen molar-refractivity contribution in [3.05, 3.63) is 101 Å². The third kappa shape index (κ3) is 7.74. The van der Waals surface area contributed by atoms with Crippen molar-refractivity contribution in [2.24, 2.45) is 11.8 Å². The molecule has 0 saturated carbocycles. The minimum atomic E-state index is -0.0911. The summed E-state index contributed by atoms with van der Waals surface area (Å²) in [5.41, 5.74) is 7.93. The minimum absolute atomic E-state index is 0.0911. The van der Waals surface area contributed by atoms with Gasteiger partial charge in [-0.15, -0.1) is 68.0 Å². The van der Waals surface area contributed by atoms with E-state index in [4.69, 9.17) is 0 Å². The van der Waals surface area contributed by atoms with E-state index in [1.165, 1.54) is 110 Å². The summed E-state index contributed by atoms with van der Waals surface area (Å²) < 4.78 is 2.68. The van der Waals surface area contributed by atoms with Gasteiger partial charge in [-0.1, -0.05) is 79.1 Å². The van der Waals surface area contributed by atoms with Crippen LogP contribution in [-0.2, 0) is 22.4 Å². The highest BCUT2D eigenvalue weighted by molar-refractivity contribution is 7.28. The molecule has 2 unspecified atom stereocenters. The van der Waals surface area contributed by atoms with Crippen molar-refractivity contribution in [2.75, 3.05) is 14.1 Å². The number of hydrogen-bond donors (Lipinski definition) is 0. The van der Waals surface area contributed by atoms with Gasteiger partial charge in [0.2, 0.25) is 0 Å². The lowest BCUT2D eigenvalue weighted by Gasteiger charge is -2.18. The average molecular weight is 933 g/mol. The van der Waals surface area contributed by atoms with Gasteiger partial charge in [-0.3, -0.25) is 9.59 Å². The molecule has 8 heterocycles. The maximum absolute atomic E-state index is 14.5.